The number of Topliss-reactive ketones (excluding diaryl/α,β-unsaturated/α-hetero) is 1. The summed E-state index contributed by atoms with van der Waals surface area (Å²) < 4.78 is 0. The van der Waals surface area contributed by atoms with E-state index in [-0.39, 0.29) is 5.78 Å². The van der Waals surface area contributed by atoms with E-state index in [1.807, 2.05) is 13.1 Å². The minimum absolute atomic E-state index is 0.231. The molecule has 2 aliphatic heterocycles. The molecule has 13 heavy (non-hydrogen) atoms. The molecule has 1 N–H and O–H groups in total. The van der Waals surface area contributed by atoms with Gasteiger partial charge in [0.1, 0.15) is 0 Å². The van der Waals surface area contributed by atoms with E-state index < -0.39 is 0 Å². The second kappa shape index (κ2) is 3.40. The molecule has 2 heterocycles. The van der Waals surface area contributed by atoms with Gasteiger partial charge < -0.3 is 10.2 Å². The number of hydrogen-bond acceptors (Lipinski definition) is 3. The van der Waals surface area contributed by atoms with Crippen LogP contribution in [0, 0.1) is 0 Å². The summed E-state index contributed by atoms with van der Waals surface area (Å²) in [5.74, 6) is 0.231. The summed E-state index contributed by atoms with van der Waals surface area (Å²) in [6.07, 6.45) is 6.68. The Morgan fingerprint density at radius 1 is 1.69 bits per heavy atom. The van der Waals surface area contributed by atoms with E-state index in [1.54, 1.807) is 0 Å². The maximum atomic E-state index is 11.4. The minimum atomic E-state index is 0.231. The van der Waals surface area contributed by atoms with Crippen LogP contribution in [0.4, 0.5) is 0 Å². The predicted octanol–water partition coefficient (Wildman–Crippen LogP) is 1.22. The summed E-state index contributed by atoms with van der Waals surface area (Å²) in [5, 5.41) is 3.28. The van der Waals surface area contributed by atoms with Gasteiger partial charge in [-0.3, -0.25) is 4.79 Å². The molecule has 0 amide bonds. The van der Waals surface area contributed by atoms with Crippen LogP contribution in [0.1, 0.15) is 32.6 Å². The molecule has 3 nitrogen and oxygen atoms in total. The van der Waals surface area contributed by atoms with Crippen molar-refractivity contribution in [3.05, 3.63) is 11.9 Å². The first-order valence-electron chi connectivity index (χ1n) is 5.08. The molecule has 1 unspecified atom stereocenters. The van der Waals surface area contributed by atoms with Gasteiger partial charge in [-0.1, -0.05) is 6.92 Å². The van der Waals surface area contributed by atoms with E-state index in [0.29, 0.717) is 12.6 Å². The van der Waals surface area contributed by atoms with Gasteiger partial charge >= 0.3 is 0 Å². The van der Waals surface area contributed by atoms with E-state index in [2.05, 4.69) is 10.2 Å². The van der Waals surface area contributed by atoms with Crippen molar-refractivity contribution in [1.29, 1.82) is 0 Å². The van der Waals surface area contributed by atoms with E-state index >= 15 is 0 Å². The second-order valence-corrected chi connectivity index (χ2v) is 3.71. The highest BCUT2D eigenvalue weighted by molar-refractivity contribution is 5.94. The lowest BCUT2D eigenvalue weighted by atomic mass is 10.1. The van der Waals surface area contributed by atoms with Gasteiger partial charge in [-0.2, -0.15) is 0 Å². The molecular weight excluding hydrogens is 164 g/mol. The number of carbonyl (C=O) groups is 1. The Balaban J connectivity index is 2.05. The van der Waals surface area contributed by atoms with E-state index in [9.17, 15) is 4.79 Å². The van der Waals surface area contributed by atoms with Gasteiger partial charge in [0, 0.05) is 19.2 Å². The van der Waals surface area contributed by atoms with Gasteiger partial charge in [-0.15, -0.1) is 0 Å². The van der Waals surface area contributed by atoms with Crippen molar-refractivity contribution in [2.24, 2.45) is 0 Å². The number of carbonyl (C=O) groups excluding carboxylic acids is 1. The molecular formula is C10H16N2O. The van der Waals surface area contributed by atoms with Gasteiger partial charge in [0.05, 0.1) is 11.9 Å². The summed E-state index contributed by atoms with van der Waals surface area (Å²) in [6, 6.07) is 0. The van der Waals surface area contributed by atoms with Crippen molar-refractivity contribution in [3.63, 3.8) is 0 Å². The van der Waals surface area contributed by atoms with E-state index in [1.165, 1.54) is 12.8 Å². The van der Waals surface area contributed by atoms with Gasteiger partial charge in [-0.25, -0.2) is 0 Å². The average Bonchev–Trinajstić information content (AvgIpc) is 2.59. The summed E-state index contributed by atoms with van der Waals surface area (Å²) in [5.41, 5.74) is 0.814. The molecule has 3 heteroatoms. The van der Waals surface area contributed by atoms with Crippen LogP contribution < -0.4 is 5.32 Å². The highest BCUT2D eigenvalue weighted by atomic mass is 16.1. The molecule has 0 aromatic carbocycles. The number of hydrogen-bond donors (Lipinski definition) is 1. The number of ketones is 1. The fraction of sp³-hybridized carbons (Fsp3) is 0.700. The molecule has 72 valence electrons. The van der Waals surface area contributed by atoms with Gasteiger partial charge in [0.25, 0.3) is 0 Å². The Morgan fingerprint density at radius 2 is 2.54 bits per heavy atom. The quantitative estimate of drug-likeness (QED) is 0.693. The smallest absolute Gasteiger partial charge is 0.179 e. The van der Waals surface area contributed by atoms with Crippen LogP contribution in [-0.4, -0.2) is 23.4 Å². The lowest BCUT2D eigenvalue weighted by Gasteiger charge is -2.29. The number of rotatable bonds is 2. The van der Waals surface area contributed by atoms with Crippen LogP contribution in [0.15, 0.2) is 11.9 Å². The van der Waals surface area contributed by atoms with Gasteiger partial charge in [0.2, 0.25) is 0 Å². The summed E-state index contributed by atoms with van der Waals surface area (Å²) >= 11 is 0. The summed E-state index contributed by atoms with van der Waals surface area (Å²) in [6.45, 7) is 3.00. The molecule has 0 aliphatic carbocycles. The standard InChI is InChI=1S/C10H16N2O/c1-2-9(13)8-7-12-6-4-3-5-10(12)11-8/h7,10-11H,2-6H2,1H3. The van der Waals surface area contributed by atoms with Gasteiger partial charge in [-0.05, 0) is 19.3 Å². The molecule has 0 spiro atoms. The lowest BCUT2D eigenvalue weighted by molar-refractivity contribution is -0.115. The first-order chi connectivity index (χ1) is 6.31. The van der Waals surface area contributed by atoms with Crippen molar-refractivity contribution in [2.45, 2.75) is 38.8 Å². The third kappa shape index (κ3) is 1.55. The number of nitrogens with zero attached hydrogens (tertiary/aromatic N) is 1. The molecule has 0 aromatic rings. The van der Waals surface area contributed by atoms with Crippen LogP contribution >= 0.6 is 0 Å². The molecule has 1 saturated heterocycles. The number of fused-ring (bicyclic) bond motifs is 1. The van der Waals surface area contributed by atoms with Crippen LogP contribution in [0.25, 0.3) is 0 Å². The highest BCUT2D eigenvalue weighted by Gasteiger charge is 2.27. The number of piperidine rings is 1. The van der Waals surface area contributed by atoms with Crippen LogP contribution in [0.5, 0.6) is 0 Å². The van der Waals surface area contributed by atoms with E-state index in [4.69, 9.17) is 0 Å². The number of allylic oxidation sites excluding steroid dienone is 1. The molecule has 0 bridgehead atoms. The van der Waals surface area contributed by atoms with Gasteiger partial charge in [0.15, 0.2) is 5.78 Å². The van der Waals surface area contributed by atoms with E-state index in [0.717, 1.165) is 18.7 Å². The molecule has 0 radical (unpaired) electrons. The topological polar surface area (TPSA) is 32.3 Å². The Labute approximate surface area is 78.8 Å². The SMILES string of the molecule is CCC(=O)C1=CN2CCCCC2N1. The Kier molecular flexibility index (Phi) is 2.25. The van der Waals surface area contributed by atoms with Crippen LogP contribution in [-0.2, 0) is 4.79 Å². The van der Waals surface area contributed by atoms with Crippen molar-refractivity contribution in [3.8, 4) is 0 Å². The van der Waals surface area contributed by atoms with Crippen LogP contribution in [0.2, 0.25) is 0 Å². The second-order valence-electron chi connectivity index (χ2n) is 3.71. The Morgan fingerprint density at radius 3 is 3.23 bits per heavy atom. The maximum Gasteiger partial charge on any atom is 0.179 e. The molecule has 1 fully saturated rings. The Bertz CT molecular complexity index is 247. The summed E-state index contributed by atoms with van der Waals surface area (Å²) in [4.78, 5) is 13.7. The molecule has 0 aromatic heterocycles. The van der Waals surface area contributed by atoms with Crippen molar-refractivity contribution in [2.75, 3.05) is 6.54 Å². The normalized spacial score (nSPS) is 26.4. The Hall–Kier alpha value is -0.990. The monoisotopic (exact) mass is 180 g/mol. The minimum Gasteiger partial charge on any atom is -0.361 e. The summed E-state index contributed by atoms with van der Waals surface area (Å²) in [7, 11) is 0. The zero-order valence-corrected chi connectivity index (χ0v) is 8.05. The van der Waals surface area contributed by atoms with Crippen LogP contribution in [0.3, 0.4) is 0 Å². The largest absolute Gasteiger partial charge is 0.361 e. The lowest BCUT2D eigenvalue weighted by Crippen LogP contribution is -2.40. The third-order valence-corrected chi connectivity index (χ3v) is 2.78. The fourth-order valence-corrected chi connectivity index (χ4v) is 1.99. The predicted molar refractivity (Wildman–Crippen MR) is 50.9 cm³/mol. The first kappa shape index (κ1) is 8.60. The third-order valence-electron chi connectivity index (χ3n) is 2.78. The first-order valence-corrected chi connectivity index (χ1v) is 5.08. The van der Waals surface area contributed by atoms with Crippen molar-refractivity contribution in [1.82, 2.24) is 10.2 Å². The number of nitrogens with one attached hydrogen (secondary N) is 1. The zero-order chi connectivity index (χ0) is 9.26. The average molecular weight is 180 g/mol. The van der Waals surface area contributed by atoms with Crippen molar-refractivity contribution < 1.29 is 4.79 Å². The fourth-order valence-electron chi connectivity index (χ4n) is 1.99. The molecule has 0 saturated carbocycles. The molecule has 2 rings (SSSR count). The molecule has 1 atom stereocenters. The maximum absolute atomic E-state index is 11.4. The highest BCUT2D eigenvalue weighted by Crippen LogP contribution is 2.22. The molecule has 2 aliphatic rings. The zero-order valence-electron chi connectivity index (χ0n) is 8.05. The van der Waals surface area contributed by atoms with Crippen molar-refractivity contribution >= 4 is 5.78 Å².